The minimum atomic E-state index is 0.227. The molecule has 88 valence electrons. The van der Waals surface area contributed by atoms with Gasteiger partial charge in [0, 0.05) is 19.5 Å². The Bertz CT molecular complexity index is 204. The summed E-state index contributed by atoms with van der Waals surface area (Å²) in [7, 11) is 4.17. The van der Waals surface area contributed by atoms with Crippen molar-refractivity contribution in [2.24, 2.45) is 0 Å². The number of rotatable bonds is 6. The number of likely N-dealkylation sites (N-methyl/N-ethyl adjacent to an activating group) is 1. The zero-order valence-electron chi connectivity index (χ0n) is 10.3. The van der Waals surface area contributed by atoms with Gasteiger partial charge in [-0.25, -0.2) is 0 Å². The van der Waals surface area contributed by atoms with Gasteiger partial charge in [0.25, 0.3) is 0 Å². The topological polar surface area (TPSA) is 23.6 Å². The van der Waals surface area contributed by atoms with E-state index in [0.717, 1.165) is 45.3 Å². The van der Waals surface area contributed by atoms with Crippen molar-refractivity contribution >= 4 is 5.78 Å². The summed E-state index contributed by atoms with van der Waals surface area (Å²) in [5.41, 5.74) is 0. The SMILES string of the molecule is CCCN(CCN(C)C)C1CCCC1=O. The first-order valence-electron chi connectivity index (χ1n) is 6.06. The van der Waals surface area contributed by atoms with Gasteiger partial charge in [-0.15, -0.1) is 0 Å². The number of nitrogens with zero attached hydrogens (tertiary/aromatic N) is 2. The Hall–Kier alpha value is -0.410. The van der Waals surface area contributed by atoms with Crippen LogP contribution in [0.15, 0.2) is 0 Å². The third-order valence-electron chi connectivity index (χ3n) is 3.06. The third kappa shape index (κ3) is 3.92. The number of carbonyl (C=O) groups is 1. The molecule has 1 aliphatic carbocycles. The molecule has 0 saturated heterocycles. The summed E-state index contributed by atoms with van der Waals surface area (Å²) >= 11 is 0. The van der Waals surface area contributed by atoms with Gasteiger partial charge >= 0.3 is 0 Å². The maximum absolute atomic E-state index is 11.7. The second-order valence-corrected chi connectivity index (χ2v) is 4.71. The lowest BCUT2D eigenvalue weighted by Crippen LogP contribution is -2.42. The van der Waals surface area contributed by atoms with E-state index in [4.69, 9.17) is 0 Å². The largest absolute Gasteiger partial charge is 0.308 e. The molecular weight excluding hydrogens is 188 g/mol. The lowest BCUT2D eigenvalue weighted by Gasteiger charge is -2.28. The van der Waals surface area contributed by atoms with Crippen molar-refractivity contribution in [2.45, 2.75) is 38.6 Å². The molecule has 1 aliphatic rings. The van der Waals surface area contributed by atoms with Crippen LogP contribution in [0.3, 0.4) is 0 Å². The highest BCUT2D eigenvalue weighted by Gasteiger charge is 2.29. The van der Waals surface area contributed by atoms with Crippen molar-refractivity contribution in [3.05, 3.63) is 0 Å². The second-order valence-electron chi connectivity index (χ2n) is 4.71. The van der Waals surface area contributed by atoms with E-state index in [9.17, 15) is 4.79 Å². The molecule has 1 rings (SSSR count). The van der Waals surface area contributed by atoms with Crippen LogP contribution in [-0.2, 0) is 4.79 Å². The average molecular weight is 212 g/mol. The molecule has 0 aromatic carbocycles. The third-order valence-corrected chi connectivity index (χ3v) is 3.06. The van der Waals surface area contributed by atoms with E-state index >= 15 is 0 Å². The highest BCUT2D eigenvalue weighted by Crippen LogP contribution is 2.20. The molecule has 15 heavy (non-hydrogen) atoms. The molecule has 3 nitrogen and oxygen atoms in total. The predicted octanol–water partition coefficient (Wildman–Crippen LogP) is 1.38. The molecule has 1 unspecified atom stereocenters. The maximum Gasteiger partial charge on any atom is 0.149 e. The van der Waals surface area contributed by atoms with Crippen molar-refractivity contribution in [2.75, 3.05) is 33.7 Å². The Balaban J connectivity index is 2.44. The van der Waals surface area contributed by atoms with Gasteiger partial charge in [0.1, 0.15) is 5.78 Å². The normalized spacial score (nSPS) is 21.9. The van der Waals surface area contributed by atoms with Crippen molar-refractivity contribution in [3.8, 4) is 0 Å². The predicted molar refractivity (Wildman–Crippen MR) is 63.1 cm³/mol. The Morgan fingerprint density at radius 2 is 2.00 bits per heavy atom. The molecule has 0 amide bonds. The summed E-state index contributed by atoms with van der Waals surface area (Å²) in [4.78, 5) is 16.2. The van der Waals surface area contributed by atoms with Gasteiger partial charge in [-0.1, -0.05) is 6.92 Å². The standard InChI is InChI=1S/C12H24N2O/c1-4-8-14(10-9-13(2)3)11-6-5-7-12(11)15/h11H,4-10H2,1-3H3. The molecule has 0 aliphatic heterocycles. The Labute approximate surface area is 93.4 Å². The Kier molecular flexibility index (Phi) is 5.26. The van der Waals surface area contributed by atoms with Crippen molar-refractivity contribution in [1.29, 1.82) is 0 Å². The zero-order valence-corrected chi connectivity index (χ0v) is 10.3. The van der Waals surface area contributed by atoms with Gasteiger partial charge in [0.05, 0.1) is 6.04 Å². The summed E-state index contributed by atoms with van der Waals surface area (Å²) in [6, 6.07) is 0.227. The monoisotopic (exact) mass is 212 g/mol. The zero-order chi connectivity index (χ0) is 11.3. The number of ketones is 1. The molecule has 3 heteroatoms. The molecule has 1 saturated carbocycles. The fraction of sp³-hybridized carbons (Fsp3) is 0.917. The van der Waals surface area contributed by atoms with E-state index in [1.54, 1.807) is 0 Å². The minimum absolute atomic E-state index is 0.227. The minimum Gasteiger partial charge on any atom is -0.308 e. The molecule has 0 heterocycles. The van der Waals surface area contributed by atoms with Gasteiger partial charge in [0.15, 0.2) is 0 Å². The molecule has 0 N–H and O–H groups in total. The number of Topliss-reactive ketones (excluding diaryl/α,β-unsaturated/α-hetero) is 1. The lowest BCUT2D eigenvalue weighted by atomic mass is 10.2. The summed E-state index contributed by atoms with van der Waals surface area (Å²) < 4.78 is 0. The van der Waals surface area contributed by atoms with Crippen LogP contribution >= 0.6 is 0 Å². The highest BCUT2D eigenvalue weighted by atomic mass is 16.1. The van der Waals surface area contributed by atoms with Crippen LogP contribution in [0.5, 0.6) is 0 Å². The number of hydrogen-bond donors (Lipinski definition) is 0. The highest BCUT2D eigenvalue weighted by molar-refractivity contribution is 5.85. The Morgan fingerprint density at radius 3 is 2.47 bits per heavy atom. The fourth-order valence-corrected chi connectivity index (χ4v) is 2.22. The van der Waals surface area contributed by atoms with Crippen LogP contribution in [-0.4, -0.2) is 55.4 Å². The van der Waals surface area contributed by atoms with Crippen LogP contribution < -0.4 is 0 Å². The summed E-state index contributed by atoms with van der Waals surface area (Å²) in [6.45, 7) is 5.31. The molecule has 1 atom stereocenters. The molecule has 0 aromatic rings. The van der Waals surface area contributed by atoms with Gasteiger partial charge in [-0.3, -0.25) is 9.69 Å². The van der Waals surface area contributed by atoms with Crippen LogP contribution in [0.25, 0.3) is 0 Å². The first-order chi connectivity index (χ1) is 7.15. The first-order valence-corrected chi connectivity index (χ1v) is 6.06. The molecule has 0 aromatic heterocycles. The molecular formula is C12H24N2O. The lowest BCUT2D eigenvalue weighted by molar-refractivity contribution is -0.122. The Morgan fingerprint density at radius 1 is 1.27 bits per heavy atom. The van der Waals surface area contributed by atoms with Crippen LogP contribution in [0.2, 0.25) is 0 Å². The van der Waals surface area contributed by atoms with E-state index in [0.29, 0.717) is 5.78 Å². The fourth-order valence-electron chi connectivity index (χ4n) is 2.22. The van der Waals surface area contributed by atoms with Gasteiger partial charge < -0.3 is 4.90 Å². The quantitative estimate of drug-likeness (QED) is 0.664. The molecule has 0 spiro atoms. The maximum atomic E-state index is 11.7. The summed E-state index contributed by atoms with van der Waals surface area (Å²) in [5.74, 6) is 0.460. The molecule has 0 bridgehead atoms. The second kappa shape index (κ2) is 6.23. The van der Waals surface area contributed by atoms with Gasteiger partial charge in [-0.05, 0) is 39.9 Å². The van der Waals surface area contributed by atoms with Gasteiger partial charge in [0.2, 0.25) is 0 Å². The average Bonchev–Trinajstić information content (AvgIpc) is 2.59. The van der Waals surface area contributed by atoms with E-state index in [1.165, 1.54) is 0 Å². The van der Waals surface area contributed by atoms with E-state index in [2.05, 4.69) is 30.8 Å². The molecule has 0 radical (unpaired) electrons. The van der Waals surface area contributed by atoms with Crippen molar-refractivity contribution in [3.63, 3.8) is 0 Å². The van der Waals surface area contributed by atoms with E-state index in [-0.39, 0.29) is 6.04 Å². The number of hydrogen-bond acceptors (Lipinski definition) is 3. The number of carbonyl (C=O) groups excluding carboxylic acids is 1. The van der Waals surface area contributed by atoms with Gasteiger partial charge in [-0.2, -0.15) is 0 Å². The summed E-state index contributed by atoms with van der Waals surface area (Å²) in [5, 5.41) is 0. The smallest absolute Gasteiger partial charge is 0.149 e. The van der Waals surface area contributed by atoms with Crippen molar-refractivity contribution < 1.29 is 4.79 Å². The van der Waals surface area contributed by atoms with Crippen LogP contribution in [0.1, 0.15) is 32.6 Å². The van der Waals surface area contributed by atoms with E-state index in [1.807, 2.05) is 0 Å². The van der Waals surface area contributed by atoms with Crippen LogP contribution in [0, 0.1) is 0 Å². The first kappa shape index (κ1) is 12.7. The summed E-state index contributed by atoms with van der Waals surface area (Å²) in [6.07, 6.45) is 4.10. The van der Waals surface area contributed by atoms with Crippen LogP contribution in [0.4, 0.5) is 0 Å². The van der Waals surface area contributed by atoms with Crippen molar-refractivity contribution in [1.82, 2.24) is 9.80 Å². The van der Waals surface area contributed by atoms with E-state index < -0.39 is 0 Å². The molecule has 1 fully saturated rings.